The zero-order chi connectivity index (χ0) is 27.5. The number of aromatic nitrogens is 4. The standard InChI is InChI=1S/C28H30N8O3.ClH/c1-17-12-13-19-8-4-5-9-20(19)21(17)15-36-24-11-7-6-10-23(24)35(26(37)14-25-31-33-34-32-25)16-22(28(36)39)30-27(38)18(2)29-3;/h4-13,18,22,29H,14-16H2,1-3H3,(H,30,38)(H,31,32,33,34);1H. The van der Waals surface area contributed by atoms with E-state index in [9.17, 15) is 14.4 Å². The maximum atomic E-state index is 14.2. The van der Waals surface area contributed by atoms with E-state index in [1.165, 1.54) is 4.90 Å². The first-order valence-corrected chi connectivity index (χ1v) is 12.8. The van der Waals surface area contributed by atoms with Gasteiger partial charge in [-0.05, 0) is 65.4 Å². The molecule has 11 nitrogen and oxygen atoms in total. The molecule has 0 radical (unpaired) electrons. The lowest BCUT2D eigenvalue weighted by molar-refractivity contribution is -0.128. The SMILES string of the molecule is CNC(C)C(=O)NC1CN(C(=O)Cc2nnn[nH]2)c2ccccc2N(Cc2c(C)ccc3ccccc23)C1=O.Cl. The van der Waals surface area contributed by atoms with E-state index in [0.29, 0.717) is 17.2 Å². The van der Waals surface area contributed by atoms with Gasteiger partial charge in [-0.2, -0.15) is 0 Å². The van der Waals surface area contributed by atoms with E-state index in [1.807, 2.05) is 61.5 Å². The van der Waals surface area contributed by atoms with E-state index >= 15 is 0 Å². The zero-order valence-electron chi connectivity index (χ0n) is 22.4. The molecule has 40 heavy (non-hydrogen) atoms. The van der Waals surface area contributed by atoms with Gasteiger partial charge in [0.1, 0.15) is 6.04 Å². The van der Waals surface area contributed by atoms with Gasteiger partial charge in [-0.25, -0.2) is 5.10 Å². The minimum absolute atomic E-state index is 0. The Morgan fingerprint density at radius 1 is 1.07 bits per heavy atom. The fraction of sp³-hybridized carbons (Fsp3) is 0.286. The van der Waals surface area contributed by atoms with E-state index in [0.717, 1.165) is 21.9 Å². The lowest BCUT2D eigenvalue weighted by Crippen LogP contribution is -2.56. The molecular weight excluding hydrogens is 532 g/mol. The number of H-pyrrole nitrogens is 1. The Labute approximate surface area is 237 Å². The van der Waals surface area contributed by atoms with Crippen LogP contribution in [0.1, 0.15) is 23.9 Å². The van der Waals surface area contributed by atoms with E-state index < -0.39 is 12.1 Å². The molecule has 1 aliphatic heterocycles. The lowest BCUT2D eigenvalue weighted by Gasteiger charge is -2.27. The highest BCUT2D eigenvalue weighted by molar-refractivity contribution is 6.08. The number of halogens is 1. The van der Waals surface area contributed by atoms with Crippen molar-refractivity contribution in [1.29, 1.82) is 0 Å². The van der Waals surface area contributed by atoms with Crippen molar-refractivity contribution in [2.45, 2.75) is 38.9 Å². The summed E-state index contributed by atoms with van der Waals surface area (Å²) < 4.78 is 0. The number of benzene rings is 3. The van der Waals surface area contributed by atoms with Gasteiger partial charge in [-0.1, -0.05) is 48.5 Å². The number of carbonyl (C=O) groups is 3. The Hall–Kier alpha value is -4.35. The van der Waals surface area contributed by atoms with Gasteiger partial charge in [0.15, 0.2) is 5.82 Å². The first-order valence-electron chi connectivity index (χ1n) is 12.8. The number of rotatable bonds is 7. The van der Waals surface area contributed by atoms with Crippen LogP contribution in [0.15, 0.2) is 60.7 Å². The highest BCUT2D eigenvalue weighted by Crippen LogP contribution is 2.35. The average Bonchev–Trinajstić information content (AvgIpc) is 3.43. The maximum Gasteiger partial charge on any atom is 0.251 e. The second-order valence-corrected chi connectivity index (χ2v) is 9.60. The molecule has 2 heterocycles. The van der Waals surface area contributed by atoms with Crippen LogP contribution in [-0.4, -0.2) is 64.0 Å². The summed E-state index contributed by atoms with van der Waals surface area (Å²) >= 11 is 0. The van der Waals surface area contributed by atoms with Crippen molar-refractivity contribution in [1.82, 2.24) is 31.3 Å². The minimum atomic E-state index is -0.979. The topological polar surface area (TPSA) is 136 Å². The van der Waals surface area contributed by atoms with Crippen molar-refractivity contribution >= 4 is 52.3 Å². The number of tetrazole rings is 1. The second kappa shape index (κ2) is 12.2. The molecule has 12 heteroatoms. The van der Waals surface area contributed by atoms with Crippen molar-refractivity contribution < 1.29 is 14.4 Å². The number of aromatic amines is 1. The molecule has 0 bridgehead atoms. The number of nitrogens with zero attached hydrogens (tertiary/aromatic N) is 5. The molecule has 1 aliphatic rings. The fourth-order valence-corrected chi connectivity index (χ4v) is 4.83. The normalized spacial score (nSPS) is 15.7. The number of anilines is 2. The van der Waals surface area contributed by atoms with Gasteiger partial charge in [-0.3, -0.25) is 14.4 Å². The van der Waals surface area contributed by atoms with Gasteiger partial charge in [0.2, 0.25) is 11.8 Å². The van der Waals surface area contributed by atoms with Crippen LogP contribution in [0.2, 0.25) is 0 Å². The van der Waals surface area contributed by atoms with Crippen molar-refractivity contribution in [3.8, 4) is 0 Å². The highest BCUT2D eigenvalue weighted by Gasteiger charge is 2.37. The van der Waals surface area contributed by atoms with E-state index in [4.69, 9.17) is 0 Å². The Morgan fingerprint density at radius 3 is 2.52 bits per heavy atom. The number of carbonyl (C=O) groups excluding carboxylic acids is 3. The summed E-state index contributed by atoms with van der Waals surface area (Å²) in [5, 5.41) is 21.4. The average molecular weight is 563 g/mol. The van der Waals surface area contributed by atoms with Crippen LogP contribution in [0.25, 0.3) is 10.8 Å². The van der Waals surface area contributed by atoms with Crippen LogP contribution >= 0.6 is 12.4 Å². The smallest absolute Gasteiger partial charge is 0.251 e. The van der Waals surface area contributed by atoms with Crippen molar-refractivity contribution in [2.75, 3.05) is 23.4 Å². The Morgan fingerprint density at radius 2 is 1.80 bits per heavy atom. The molecule has 0 spiro atoms. The highest BCUT2D eigenvalue weighted by atomic mass is 35.5. The minimum Gasteiger partial charge on any atom is -0.341 e. The van der Waals surface area contributed by atoms with Gasteiger partial charge < -0.3 is 20.4 Å². The number of nitrogens with one attached hydrogen (secondary N) is 3. The number of fused-ring (bicyclic) bond motifs is 2. The summed E-state index contributed by atoms with van der Waals surface area (Å²) in [5.74, 6) is -0.642. The third kappa shape index (κ3) is 5.65. The molecule has 5 rings (SSSR count). The lowest BCUT2D eigenvalue weighted by atomic mass is 9.99. The van der Waals surface area contributed by atoms with E-state index in [-0.39, 0.29) is 49.6 Å². The van der Waals surface area contributed by atoms with Crippen LogP contribution in [0.4, 0.5) is 11.4 Å². The van der Waals surface area contributed by atoms with Gasteiger partial charge >= 0.3 is 0 Å². The molecule has 3 aromatic carbocycles. The molecule has 0 saturated carbocycles. The Balaban J connectivity index is 0.00000370. The molecule has 2 atom stereocenters. The molecule has 3 N–H and O–H groups in total. The quantitative estimate of drug-likeness (QED) is 0.314. The predicted octanol–water partition coefficient (Wildman–Crippen LogP) is 2.30. The largest absolute Gasteiger partial charge is 0.341 e. The molecule has 0 saturated heterocycles. The summed E-state index contributed by atoms with van der Waals surface area (Å²) in [6.07, 6.45) is -0.0917. The summed E-state index contributed by atoms with van der Waals surface area (Å²) in [4.78, 5) is 43.9. The van der Waals surface area contributed by atoms with Crippen molar-refractivity contribution in [3.05, 3.63) is 77.6 Å². The number of hydrogen-bond acceptors (Lipinski definition) is 7. The maximum absolute atomic E-state index is 14.2. The monoisotopic (exact) mass is 562 g/mol. The molecule has 4 aromatic rings. The molecule has 1 aromatic heterocycles. The second-order valence-electron chi connectivity index (χ2n) is 9.60. The fourth-order valence-electron chi connectivity index (χ4n) is 4.83. The number of para-hydroxylation sites is 2. The van der Waals surface area contributed by atoms with Gasteiger partial charge in [0, 0.05) is 0 Å². The first kappa shape index (κ1) is 28.7. The van der Waals surface area contributed by atoms with Crippen LogP contribution < -0.4 is 20.4 Å². The summed E-state index contributed by atoms with van der Waals surface area (Å²) in [5.41, 5.74) is 3.19. The number of aryl methyl sites for hydroxylation is 1. The Bertz CT molecular complexity index is 1530. The van der Waals surface area contributed by atoms with Gasteiger partial charge in [0.25, 0.3) is 5.91 Å². The first-order chi connectivity index (χ1) is 18.9. The Kier molecular flexibility index (Phi) is 8.76. The van der Waals surface area contributed by atoms with Crippen LogP contribution in [0.3, 0.4) is 0 Å². The van der Waals surface area contributed by atoms with Crippen LogP contribution in [0, 0.1) is 6.92 Å². The molecular formula is C28H31ClN8O3. The molecule has 2 unspecified atom stereocenters. The third-order valence-corrected chi connectivity index (χ3v) is 7.14. The molecule has 3 amide bonds. The van der Waals surface area contributed by atoms with E-state index in [1.54, 1.807) is 18.9 Å². The van der Waals surface area contributed by atoms with E-state index in [2.05, 4.69) is 37.3 Å². The number of amides is 3. The van der Waals surface area contributed by atoms with Crippen LogP contribution in [0.5, 0.6) is 0 Å². The summed E-state index contributed by atoms with van der Waals surface area (Å²) in [6, 6.07) is 17.9. The molecule has 0 aliphatic carbocycles. The zero-order valence-corrected chi connectivity index (χ0v) is 23.2. The van der Waals surface area contributed by atoms with Crippen molar-refractivity contribution in [3.63, 3.8) is 0 Å². The number of hydrogen-bond donors (Lipinski definition) is 3. The third-order valence-electron chi connectivity index (χ3n) is 7.14. The van der Waals surface area contributed by atoms with Gasteiger partial charge in [-0.15, -0.1) is 17.5 Å². The molecule has 0 fully saturated rings. The van der Waals surface area contributed by atoms with Crippen LogP contribution in [-0.2, 0) is 27.3 Å². The number of likely N-dealkylation sites (N-methyl/N-ethyl adjacent to an activating group) is 1. The summed E-state index contributed by atoms with van der Waals surface area (Å²) in [6.45, 7) is 3.96. The predicted molar refractivity (Wildman–Crippen MR) is 154 cm³/mol. The molecule has 208 valence electrons. The summed E-state index contributed by atoms with van der Waals surface area (Å²) in [7, 11) is 1.67. The van der Waals surface area contributed by atoms with Crippen molar-refractivity contribution in [2.24, 2.45) is 0 Å². The van der Waals surface area contributed by atoms with Gasteiger partial charge in [0.05, 0.1) is 36.9 Å².